The van der Waals surface area contributed by atoms with Crippen LogP contribution in [0, 0.1) is 12.3 Å². The molecule has 1 aromatic heterocycles. The van der Waals surface area contributed by atoms with Gasteiger partial charge in [0.1, 0.15) is 12.4 Å². The molecule has 0 saturated carbocycles. The second-order valence-electron chi connectivity index (χ2n) is 4.46. The molecule has 0 saturated heterocycles. The van der Waals surface area contributed by atoms with E-state index in [1.165, 1.54) is 0 Å². The van der Waals surface area contributed by atoms with Crippen molar-refractivity contribution in [3.05, 3.63) is 58.4 Å². The van der Waals surface area contributed by atoms with E-state index in [1.54, 1.807) is 24.3 Å². The normalized spacial score (nSPS) is 11.0. The summed E-state index contributed by atoms with van der Waals surface area (Å²) in [6.07, 6.45) is 1.75. The van der Waals surface area contributed by atoms with Crippen molar-refractivity contribution in [3.63, 3.8) is 0 Å². The lowest BCUT2D eigenvalue weighted by molar-refractivity contribution is -0.137. The van der Waals surface area contributed by atoms with Gasteiger partial charge in [0.05, 0.1) is 16.3 Å². The SMILES string of the molecule is C#CCOc1ccc(Cc2ncc(C(F)(F)F)cc2Cl)cc1. The van der Waals surface area contributed by atoms with Crippen molar-refractivity contribution in [2.75, 3.05) is 6.61 Å². The van der Waals surface area contributed by atoms with Crippen molar-refractivity contribution in [1.29, 1.82) is 0 Å². The zero-order chi connectivity index (χ0) is 16.2. The summed E-state index contributed by atoms with van der Waals surface area (Å²) < 4.78 is 42.9. The Morgan fingerprint density at radius 3 is 2.45 bits per heavy atom. The van der Waals surface area contributed by atoms with Gasteiger partial charge in [-0.1, -0.05) is 29.7 Å². The fraction of sp³-hybridized carbons (Fsp3) is 0.188. The average molecular weight is 326 g/mol. The van der Waals surface area contributed by atoms with Crippen LogP contribution in [-0.2, 0) is 12.6 Å². The number of benzene rings is 1. The molecule has 0 N–H and O–H groups in total. The maximum Gasteiger partial charge on any atom is 0.417 e. The number of halogens is 4. The third kappa shape index (κ3) is 4.15. The number of aromatic nitrogens is 1. The Morgan fingerprint density at radius 1 is 1.23 bits per heavy atom. The summed E-state index contributed by atoms with van der Waals surface area (Å²) in [5, 5.41) is -0.0116. The first-order valence-electron chi connectivity index (χ1n) is 6.27. The number of pyridine rings is 1. The molecule has 0 atom stereocenters. The van der Waals surface area contributed by atoms with Gasteiger partial charge in [-0.15, -0.1) is 6.42 Å². The van der Waals surface area contributed by atoms with Crippen molar-refractivity contribution in [1.82, 2.24) is 4.98 Å². The molecule has 0 aliphatic rings. The maximum atomic E-state index is 12.5. The molecule has 1 heterocycles. The van der Waals surface area contributed by atoms with E-state index in [0.29, 0.717) is 17.9 Å². The summed E-state index contributed by atoms with van der Waals surface area (Å²) in [7, 11) is 0. The molecule has 0 aliphatic heterocycles. The highest BCUT2D eigenvalue weighted by atomic mass is 35.5. The van der Waals surface area contributed by atoms with Gasteiger partial charge in [-0.25, -0.2) is 0 Å². The van der Waals surface area contributed by atoms with Gasteiger partial charge in [-0.2, -0.15) is 13.2 Å². The molecule has 2 aromatic rings. The molecule has 0 amide bonds. The number of nitrogens with zero attached hydrogens (tertiary/aromatic N) is 1. The number of ether oxygens (including phenoxy) is 1. The molecule has 0 aliphatic carbocycles. The number of hydrogen-bond acceptors (Lipinski definition) is 2. The van der Waals surface area contributed by atoms with Gasteiger partial charge in [-0.3, -0.25) is 4.98 Å². The highest BCUT2D eigenvalue weighted by molar-refractivity contribution is 6.31. The molecule has 114 valence electrons. The Bertz CT molecular complexity index is 690. The predicted molar refractivity (Wildman–Crippen MR) is 77.8 cm³/mol. The van der Waals surface area contributed by atoms with Crippen molar-refractivity contribution < 1.29 is 17.9 Å². The van der Waals surface area contributed by atoms with Crippen LogP contribution in [0.3, 0.4) is 0 Å². The van der Waals surface area contributed by atoms with Crippen LogP contribution in [0.2, 0.25) is 5.02 Å². The number of rotatable bonds is 4. The third-order valence-corrected chi connectivity index (χ3v) is 3.19. The number of hydrogen-bond donors (Lipinski definition) is 0. The molecule has 0 bridgehead atoms. The average Bonchev–Trinajstić information content (AvgIpc) is 2.47. The second kappa shape index (κ2) is 6.71. The van der Waals surface area contributed by atoms with Crippen LogP contribution in [0.15, 0.2) is 36.5 Å². The van der Waals surface area contributed by atoms with E-state index in [1.807, 2.05) is 0 Å². The van der Waals surface area contributed by atoms with E-state index >= 15 is 0 Å². The van der Waals surface area contributed by atoms with Gasteiger partial charge in [0.2, 0.25) is 0 Å². The Morgan fingerprint density at radius 2 is 1.91 bits per heavy atom. The minimum Gasteiger partial charge on any atom is -0.481 e. The minimum atomic E-state index is -4.45. The van der Waals surface area contributed by atoms with Crippen molar-refractivity contribution in [2.45, 2.75) is 12.6 Å². The first-order chi connectivity index (χ1) is 10.4. The molecule has 6 heteroatoms. The largest absolute Gasteiger partial charge is 0.481 e. The van der Waals surface area contributed by atoms with Gasteiger partial charge in [0, 0.05) is 12.6 Å². The maximum absolute atomic E-state index is 12.5. The van der Waals surface area contributed by atoms with Gasteiger partial charge in [-0.05, 0) is 23.8 Å². The summed E-state index contributed by atoms with van der Waals surface area (Å²) in [5.74, 6) is 2.97. The molecule has 0 fully saturated rings. The first kappa shape index (κ1) is 16.2. The number of alkyl halides is 3. The molecule has 0 spiro atoms. The summed E-state index contributed by atoms with van der Waals surface area (Å²) in [6, 6.07) is 7.90. The molecule has 2 nitrogen and oxygen atoms in total. The van der Waals surface area contributed by atoms with Crippen molar-refractivity contribution >= 4 is 11.6 Å². The Hall–Kier alpha value is -2.19. The fourth-order valence-corrected chi connectivity index (χ4v) is 2.01. The second-order valence-corrected chi connectivity index (χ2v) is 4.87. The van der Waals surface area contributed by atoms with Crippen LogP contribution in [0.4, 0.5) is 13.2 Å². The Labute approximate surface area is 130 Å². The predicted octanol–water partition coefficient (Wildman–Crippen LogP) is 4.36. The lowest BCUT2D eigenvalue weighted by Crippen LogP contribution is -2.06. The lowest BCUT2D eigenvalue weighted by Gasteiger charge is -2.09. The topological polar surface area (TPSA) is 22.1 Å². The Kier molecular flexibility index (Phi) is 4.94. The highest BCUT2D eigenvalue weighted by Gasteiger charge is 2.31. The van der Waals surface area contributed by atoms with Crippen molar-refractivity contribution in [2.24, 2.45) is 0 Å². The summed E-state index contributed by atoms with van der Waals surface area (Å²) in [5.41, 5.74) is 0.369. The smallest absolute Gasteiger partial charge is 0.417 e. The van der Waals surface area contributed by atoms with Crippen LogP contribution in [0.1, 0.15) is 16.8 Å². The molecular formula is C16H11ClF3NO. The van der Waals surface area contributed by atoms with Crippen LogP contribution in [0.5, 0.6) is 5.75 Å². The van der Waals surface area contributed by atoms with Gasteiger partial charge in [0.25, 0.3) is 0 Å². The number of terminal acetylenes is 1. The van der Waals surface area contributed by atoms with Crippen molar-refractivity contribution in [3.8, 4) is 18.1 Å². The van der Waals surface area contributed by atoms with Crippen LogP contribution < -0.4 is 4.74 Å². The fourth-order valence-electron chi connectivity index (χ4n) is 1.77. The zero-order valence-electron chi connectivity index (χ0n) is 11.3. The molecular weight excluding hydrogens is 315 g/mol. The summed E-state index contributed by atoms with van der Waals surface area (Å²) in [4.78, 5) is 3.80. The summed E-state index contributed by atoms with van der Waals surface area (Å²) in [6.45, 7) is 0.172. The van der Waals surface area contributed by atoms with E-state index in [-0.39, 0.29) is 11.6 Å². The van der Waals surface area contributed by atoms with Gasteiger partial charge in [0.15, 0.2) is 0 Å². The van der Waals surface area contributed by atoms with E-state index < -0.39 is 11.7 Å². The molecule has 2 rings (SSSR count). The van der Waals surface area contributed by atoms with E-state index in [4.69, 9.17) is 22.8 Å². The van der Waals surface area contributed by atoms with Crippen LogP contribution in [-0.4, -0.2) is 11.6 Å². The molecule has 0 unspecified atom stereocenters. The van der Waals surface area contributed by atoms with Crippen LogP contribution >= 0.6 is 11.6 Å². The third-order valence-electron chi connectivity index (χ3n) is 2.86. The Balaban J connectivity index is 2.12. The quantitative estimate of drug-likeness (QED) is 0.779. The zero-order valence-corrected chi connectivity index (χ0v) is 12.1. The highest BCUT2D eigenvalue weighted by Crippen LogP contribution is 2.31. The van der Waals surface area contributed by atoms with E-state index in [9.17, 15) is 13.2 Å². The molecule has 0 radical (unpaired) electrons. The minimum absolute atomic E-state index is 0.0116. The van der Waals surface area contributed by atoms with E-state index in [0.717, 1.165) is 17.8 Å². The van der Waals surface area contributed by atoms with Crippen LogP contribution in [0.25, 0.3) is 0 Å². The van der Waals surface area contributed by atoms with Gasteiger partial charge < -0.3 is 4.74 Å². The van der Waals surface area contributed by atoms with E-state index in [2.05, 4.69) is 10.9 Å². The molecule has 1 aromatic carbocycles. The molecule has 22 heavy (non-hydrogen) atoms. The standard InChI is InChI=1S/C16H11ClF3NO/c1-2-7-22-13-5-3-11(4-6-13)8-15-14(17)9-12(10-21-15)16(18,19)20/h1,3-6,9-10H,7-8H2. The lowest BCUT2D eigenvalue weighted by atomic mass is 10.1. The monoisotopic (exact) mass is 325 g/mol. The first-order valence-corrected chi connectivity index (χ1v) is 6.65. The summed E-state index contributed by atoms with van der Waals surface area (Å²) >= 11 is 5.88. The van der Waals surface area contributed by atoms with Gasteiger partial charge >= 0.3 is 6.18 Å².